The first-order valence-corrected chi connectivity index (χ1v) is 13.3. The Bertz CT molecular complexity index is 1150. The van der Waals surface area contributed by atoms with E-state index < -0.39 is 18.2 Å². The number of carbonyl (C=O) groups is 3. The summed E-state index contributed by atoms with van der Waals surface area (Å²) in [6.45, 7) is 6.18. The van der Waals surface area contributed by atoms with E-state index in [1.165, 1.54) is 0 Å². The number of hydrogen-bond donors (Lipinski definition) is 1. The highest BCUT2D eigenvalue weighted by Gasteiger charge is 2.36. The predicted octanol–water partition coefficient (Wildman–Crippen LogP) is 5.58. The zero-order valence-corrected chi connectivity index (χ0v) is 22.0. The van der Waals surface area contributed by atoms with Gasteiger partial charge in [-0.25, -0.2) is 4.79 Å². The summed E-state index contributed by atoms with van der Waals surface area (Å²) in [5.74, 6) is -0.103. The van der Waals surface area contributed by atoms with E-state index in [-0.39, 0.29) is 30.8 Å². The first-order valence-electron chi connectivity index (χ1n) is 13.3. The van der Waals surface area contributed by atoms with Crippen LogP contribution in [0, 0.1) is 18.8 Å². The Hall–Kier alpha value is -3.48. The molecule has 7 heteroatoms. The van der Waals surface area contributed by atoms with Crippen molar-refractivity contribution in [2.75, 3.05) is 11.4 Å². The van der Waals surface area contributed by atoms with E-state index >= 15 is 0 Å². The smallest absolute Gasteiger partial charge is 0.409 e. The molecule has 0 saturated heterocycles. The zero-order chi connectivity index (χ0) is 26.4. The number of alkyl carbamates (subject to hydrolysis) is 1. The first-order chi connectivity index (χ1) is 17.8. The summed E-state index contributed by atoms with van der Waals surface area (Å²) in [6, 6.07) is 15.2. The zero-order valence-electron chi connectivity index (χ0n) is 22.0. The van der Waals surface area contributed by atoms with E-state index in [0.717, 1.165) is 54.5 Å². The number of benzodiazepines with no additional fused rings is 1. The van der Waals surface area contributed by atoms with Crippen LogP contribution in [-0.4, -0.2) is 36.2 Å². The van der Waals surface area contributed by atoms with Crippen molar-refractivity contribution in [2.24, 2.45) is 16.8 Å². The lowest BCUT2D eigenvalue weighted by molar-refractivity contribution is -0.126. The number of hydrogen-bond acceptors (Lipinski definition) is 5. The van der Waals surface area contributed by atoms with Crippen LogP contribution in [0.4, 0.5) is 10.5 Å². The maximum Gasteiger partial charge on any atom is 0.409 e. The molecule has 0 bridgehead atoms. The number of para-hydroxylation sites is 1. The normalized spacial score (nSPS) is 18.2. The number of anilines is 1. The van der Waals surface area contributed by atoms with E-state index in [2.05, 4.69) is 19.2 Å². The minimum atomic E-state index is -1.18. The number of Topliss-reactive ketones (excluding diaryl/α,β-unsaturated/α-hetero) is 1. The third kappa shape index (κ3) is 6.64. The number of aliphatic imine (C=N–C) groups is 1. The van der Waals surface area contributed by atoms with E-state index in [4.69, 9.17) is 9.73 Å². The number of rotatable bonds is 8. The fourth-order valence-corrected chi connectivity index (χ4v) is 5.17. The van der Waals surface area contributed by atoms with Crippen LogP contribution >= 0.6 is 0 Å². The van der Waals surface area contributed by atoms with Gasteiger partial charge in [-0.3, -0.25) is 19.9 Å². The van der Waals surface area contributed by atoms with Gasteiger partial charge in [-0.05, 0) is 43.2 Å². The lowest BCUT2D eigenvalue weighted by atomic mass is 9.86. The van der Waals surface area contributed by atoms with Crippen LogP contribution in [-0.2, 0) is 20.9 Å². The largest absolute Gasteiger partial charge is 0.445 e. The molecule has 0 spiro atoms. The Labute approximate surface area is 219 Å². The van der Waals surface area contributed by atoms with Crippen LogP contribution in [0.1, 0.15) is 69.1 Å². The van der Waals surface area contributed by atoms with E-state index in [0.29, 0.717) is 12.1 Å². The molecule has 1 aliphatic carbocycles. The third-order valence-corrected chi connectivity index (χ3v) is 7.05. The average molecular weight is 504 g/mol. The molecule has 1 N–H and O–H groups in total. The van der Waals surface area contributed by atoms with Crippen molar-refractivity contribution < 1.29 is 19.1 Å². The molecule has 0 aromatic heterocycles. The number of benzene rings is 2. The van der Waals surface area contributed by atoms with Gasteiger partial charge in [0.25, 0.3) is 5.91 Å². The van der Waals surface area contributed by atoms with Gasteiger partial charge in [0.2, 0.25) is 6.17 Å². The van der Waals surface area contributed by atoms with E-state index in [1.54, 1.807) is 4.90 Å². The second-order valence-electron chi connectivity index (χ2n) is 10.5. The highest BCUT2D eigenvalue weighted by molar-refractivity contribution is 6.15. The van der Waals surface area contributed by atoms with Crippen LogP contribution in [0.25, 0.3) is 0 Å². The van der Waals surface area contributed by atoms with E-state index in [9.17, 15) is 14.4 Å². The van der Waals surface area contributed by atoms with Gasteiger partial charge in [-0.2, -0.15) is 0 Å². The molecule has 1 aliphatic heterocycles. The Morgan fingerprint density at radius 3 is 2.49 bits per heavy atom. The van der Waals surface area contributed by atoms with Crippen molar-refractivity contribution in [3.05, 3.63) is 65.2 Å². The summed E-state index contributed by atoms with van der Waals surface area (Å²) in [5, 5.41) is 2.67. The summed E-state index contributed by atoms with van der Waals surface area (Å²) in [4.78, 5) is 46.3. The molecular formula is C30H37N3O4. The minimum absolute atomic E-state index is 0.0247. The molecule has 1 heterocycles. The van der Waals surface area contributed by atoms with Gasteiger partial charge in [0.1, 0.15) is 6.61 Å². The first kappa shape index (κ1) is 26.6. The average Bonchev–Trinajstić information content (AvgIpc) is 2.99. The van der Waals surface area contributed by atoms with Crippen molar-refractivity contribution in [2.45, 2.75) is 72.1 Å². The predicted molar refractivity (Wildman–Crippen MR) is 145 cm³/mol. The molecule has 2 aromatic rings. The Kier molecular flexibility index (Phi) is 8.74. The number of nitrogens with zero attached hydrogens (tertiary/aromatic N) is 2. The van der Waals surface area contributed by atoms with Gasteiger partial charge in [-0.1, -0.05) is 81.6 Å². The van der Waals surface area contributed by atoms with Crippen LogP contribution in [0.5, 0.6) is 0 Å². The van der Waals surface area contributed by atoms with Crippen LogP contribution in [0.15, 0.2) is 53.5 Å². The van der Waals surface area contributed by atoms with Crippen LogP contribution in [0.2, 0.25) is 0 Å². The Balaban J connectivity index is 1.63. The summed E-state index contributed by atoms with van der Waals surface area (Å²) in [6.07, 6.45) is 3.69. The molecule has 1 saturated carbocycles. The molecule has 0 radical (unpaired) electrons. The van der Waals surface area contributed by atoms with Crippen molar-refractivity contribution in [1.29, 1.82) is 0 Å². The molecule has 37 heavy (non-hydrogen) atoms. The van der Waals surface area contributed by atoms with Gasteiger partial charge in [0.05, 0.1) is 12.2 Å². The second kappa shape index (κ2) is 12.2. The second-order valence-corrected chi connectivity index (χ2v) is 10.5. The van der Waals surface area contributed by atoms with Crippen LogP contribution in [0.3, 0.4) is 0 Å². The van der Waals surface area contributed by atoms with Crippen molar-refractivity contribution >= 4 is 29.2 Å². The molecule has 7 nitrogen and oxygen atoms in total. The lowest BCUT2D eigenvalue weighted by Crippen LogP contribution is -2.49. The highest BCUT2D eigenvalue weighted by atomic mass is 16.5. The Morgan fingerprint density at radius 2 is 1.78 bits per heavy atom. The van der Waals surface area contributed by atoms with Gasteiger partial charge < -0.3 is 9.64 Å². The summed E-state index contributed by atoms with van der Waals surface area (Å²) >= 11 is 0. The van der Waals surface area contributed by atoms with Gasteiger partial charge >= 0.3 is 6.09 Å². The van der Waals surface area contributed by atoms with Crippen molar-refractivity contribution in [3.8, 4) is 0 Å². The van der Waals surface area contributed by atoms with Gasteiger partial charge in [0, 0.05) is 17.2 Å². The third-order valence-electron chi connectivity index (χ3n) is 7.05. The molecule has 1 fully saturated rings. The van der Waals surface area contributed by atoms with Crippen molar-refractivity contribution in [1.82, 2.24) is 5.32 Å². The van der Waals surface area contributed by atoms with Gasteiger partial charge in [-0.15, -0.1) is 0 Å². The number of carbonyl (C=O) groups excluding carboxylic acids is 3. The SMILES string of the molecule is Cc1cccc2c1N(CC(=O)C1CCCCC1)C(=O)C(NC(=O)OCc1ccccc1)N=C2CC(C)C. The number of nitrogens with one attached hydrogen (secondary N) is 1. The minimum Gasteiger partial charge on any atom is -0.445 e. The van der Waals surface area contributed by atoms with Crippen LogP contribution < -0.4 is 10.2 Å². The van der Waals surface area contributed by atoms with E-state index in [1.807, 2.05) is 55.5 Å². The maximum absolute atomic E-state index is 13.9. The summed E-state index contributed by atoms with van der Waals surface area (Å²) in [5.41, 5.74) is 4.02. The lowest BCUT2D eigenvalue weighted by Gasteiger charge is -2.29. The maximum atomic E-state index is 13.9. The number of aryl methyl sites for hydroxylation is 1. The number of amides is 2. The number of ketones is 1. The Morgan fingerprint density at radius 1 is 1.05 bits per heavy atom. The molecule has 196 valence electrons. The summed E-state index contributed by atoms with van der Waals surface area (Å²) in [7, 11) is 0. The van der Waals surface area contributed by atoms with Gasteiger partial charge in [0.15, 0.2) is 5.78 Å². The molecule has 2 aliphatic rings. The monoisotopic (exact) mass is 503 g/mol. The number of fused-ring (bicyclic) bond motifs is 1. The highest BCUT2D eigenvalue weighted by Crippen LogP contribution is 2.32. The quantitative estimate of drug-likeness (QED) is 0.509. The molecule has 2 amide bonds. The molecule has 1 unspecified atom stereocenters. The fraction of sp³-hybridized carbons (Fsp3) is 0.467. The topological polar surface area (TPSA) is 88.1 Å². The molecule has 2 aromatic carbocycles. The van der Waals surface area contributed by atoms with Crippen molar-refractivity contribution in [3.63, 3.8) is 0 Å². The standard InChI is InChI=1S/C30H37N3O4/c1-20(2)17-25-24-16-10-11-21(3)27(24)33(18-26(34)23-14-8-5-9-15-23)29(35)28(31-25)32-30(36)37-19-22-12-6-4-7-13-22/h4,6-7,10-13,16,20,23,28H,5,8-9,14-15,17-19H2,1-3H3,(H,32,36). The molecule has 1 atom stereocenters. The fourth-order valence-electron chi connectivity index (χ4n) is 5.17. The number of ether oxygens (including phenoxy) is 1. The molecule has 4 rings (SSSR count). The summed E-state index contributed by atoms with van der Waals surface area (Å²) < 4.78 is 5.39. The molecular weight excluding hydrogens is 466 g/mol.